The molecular formula is C30H41NO5. The van der Waals surface area contributed by atoms with Gasteiger partial charge in [0.1, 0.15) is 6.10 Å². The van der Waals surface area contributed by atoms with E-state index in [0.717, 1.165) is 56.7 Å². The van der Waals surface area contributed by atoms with Gasteiger partial charge >= 0.3 is 0 Å². The van der Waals surface area contributed by atoms with Gasteiger partial charge in [0, 0.05) is 42.8 Å². The second-order valence-electron chi connectivity index (χ2n) is 11.6. The van der Waals surface area contributed by atoms with E-state index in [-0.39, 0.29) is 28.8 Å². The summed E-state index contributed by atoms with van der Waals surface area (Å²) < 4.78 is 23.9. The SMILES string of the molecule is CC[C@@]1(CCCOCc2ccoc2)[C@H]2Cc3ccc(O)c4c3[C@@]1(CCN2CC1CC1)[C@H](C(C)OC)O4. The second-order valence-corrected chi connectivity index (χ2v) is 11.6. The van der Waals surface area contributed by atoms with Crippen LogP contribution in [0.25, 0.3) is 0 Å². The topological polar surface area (TPSA) is 64.3 Å². The summed E-state index contributed by atoms with van der Waals surface area (Å²) in [5.74, 6) is 1.84. The van der Waals surface area contributed by atoms with Crippen molar-refractivity contribution in [2.24, 2.45) is 11.3 Å². The fourth-order valence-corrected chi connectivity index (χ4v) is 8.11. The van der Waals surface area contributed by atoms with Crippen LogP contribution in [0.2, 0.25) is 0 Å². The molecule has 1 saturated heterocycles. The Morgan fingerprint density at radius 3 is 2.83 bits per heavy atom. The minimum Gasteiger partial charge on any atom is -0.504 e. The number of nitrogens with zero attached hydrogens (tertiary/aromatic N) is 1. The minimum absolute atomic E-state index is 0.0304. The summed E-state index contributed by atoms with van der Waals surface area (Å²) in [6, 6.07) is 6.42. The Morgan fingerprint density at radius 2 is 2.11 bits per heavy atom. The minimum atomic E-state index is -0.173. The lowest BCUT2D eigenvalue weighted by molar-refractivity contribution is -0.135. The van der Waals surface area contributed by atoms with Gasteiger partial charge in [-0.2, -0.15) is 0 Å². The van der Waals surface area contributed by atoms with Crippen LogP contribution in [0.1, 0.15) is 69.1 Å². The number of hydrogen-bond donors (Lipinski definition) is 1. The summed E-state index contributed by atoms with van der Waals surface area (Å²) in [6.07, 6.45) is 11.2. The molecule has 2 aromatic rings. The fraction of sp³-hybridized carbons (Fsp3) is 0.667. The van der Waals surface area contributed by atoms with Crippen LogP contribution in [-0.4, -0.2) is 55.1 Å². The fourth-order valence-electron chi connectivity index (χ4n) is 8.11. The lowest BCUT2D eigenvalue weighted by Gasteiger charge is -2.64. The van der Waals surface area contributed by atoms with E-state index >= 15 is 0 Å². The van der Waals surface area contributed by atoms with Gasteiger partial charge in [0.15, 0.2) is 11.5 Å². The van der Waals surface area contributed by atoms with Gasteiger partial charge in [-0.1, -0.05) is 13.0 Å². The van der Waals surface area contributed by atoms with Gasteiger partial charge in [0.2, 0.25) is 0 Å². The Kier molecular flexibility index (Phi) is 6.33. The van der Waals surface area contributed by atoms with Gasteiger partial charge in [0.05, 0.1) is 25.2 Å². The number of methoxy groups -OCH3 is 1. The molecule has 2 aliphatic carbocycles. The first-order valence-corrected chi connectivity index (χ1v) is 13.9. The number of aromatic hydroxyl groups is 1. The lowest BCUT2D eigenvalue weighted by atomic mass is 9.44. The van der Waals surface area contributed by atoms with Crippen LogP contribution in [0.15, 0.2) is 35.1 Å². The molecule has 6 rings (SSSR count). The van der Waals surface area contributed by atoms with E-state index in [1.54, 1.807) is 19.6 Å². The van der Waals surface area contributed by atoms with Crippen molar-refractivity contribution >= 4 is 0 Å². The number of phenolic OH excluding ortho intramolecular Hbond substituents is 1. The van der Waals surface area contributed by atoms with Crippen LogP contribution in [0.5, 0.6) is 11.5 Å². The highest BCUT2D eigenvalue weighted by Gasteiger charge is 2.70. The van der Waals surface area contributed by atoms with Crippen LogP contribution in [0.3, 0.4) is 0 Å². The van der Waals surface area contributed by atoms with Crippen LogP contribution >= 0.6 is 0 Å². The number of benzene rings is 1. The zero-order valence-corrected chi connectivity index (χ0v) is 22.0. The molecule has 1 spiro atoms. The van der Waals surface area contributed by atoms with Gasteiger partial charge in [-0.05, 0) is 87.4 Å². The zero-order valence-electron chi connectivity index (χ0n) is 22.0. The van der Waals surface area contributed by atoms with E-state index in [4.69, 9.17) is 18.6 Å². The van der Waals surface area contributed by atoms with E-state index in [1.807, 2.05) is 12.1 Å². The summed E-state index contributed by atoms with van der Waals surface area (Å²) in [4.78, 5) is 2.82. The number of likely N-dealkylation sites (tertiary alicyclic amines) is 1. The predicted molar refractivity (Wildman–Crippen MR) is 137 cm³/mol. The molecule has 0 radical (unpaired) electrons. The predicted octanol–water partition coefficient (Wildman–Crippen LogP) is 5.45. The second kappa shape index (κ2) is 9.38. The van der Waals surface area contributed by atoms with E-state index in [2.05, 4.69) is 24.8 Å². The van der Waals surface area contributed by atoms with Crippen molar-refractivity contribution in [3.8, 4) is 11.5 Å². The molecule has 4 aliphatic rings. The monoisotopic (exact) mass is 495 g/mol. The van der Waals surface area contributed by atoms with Crippen LogP contribution in [0, 0.1) is 11.3 Å². The smallest absolute Gasteiger partial charge is 0.165 e. The first-order valence-electron chi connectivity index (χ1n) is 13.9. The lowest BCUT2D eigenvalue weighted by Crippen LogP contribution is -2.71. The summed E-state index contributed by atoms with van der Waals surface area (Å²) in [5, 5.41) is 10.9. The number of phenols is 1. The molecule has 1 aromatic carbocycles. The maximum atomic E-state index is 10.9. The number of fused-ring (bicyclic) bond motifs is 1. The third kappa shape index (κ3) is 3.63. The molecular weight excluding hydrogens is 454 g/mol. The van der Waals surface area contributed by atoms with Gasteiger partial charge in [-0.25, -0.2) is 0 Å². The van der Waals surface area contributed by atoms with Gasteiger partial charge in [0.25, 0.3) is 0 Å². The number of rotatable bonds is 11. The maximum absolute atomic E-state index is 10.9. The van der Waals surface area contributed by atoms with Crippen molar-refractivity contribution in [2.45, 2.75) is 89.1 Å². The molecule has 2 fully saturated rings. The van der Waals surface area contributed by atoms with Crippen molar-refractivity contribution in [3.05, 3.63) is 47.4 Å². The van der Waals surface area contributed by atoms with Crippen molar-refractivity contribution in [1.82, 2.24) is 4.90 Å². The van der Waals surface area contributed by atoms with Crippen LogP contribution in [0.4, 0.5) is 0 Å². The number of ether oxygens (including phenoxy) is 3. The van der Waals surface area contributed by atoms with Crippen molar-refractivity contribution in [1.29, 1.82) is 0 Å². The van der Waals surface area contributed by atoms with E-state index in [1.165, 1.54) is 30.5 Å². The largest absolute Gasteiger partial charge is 0.504 e. The highest BCUT2D eigenvalue weighted by Crippen LogP contribution is 2.68. The molecule has 1 unspecified atom stereocenters. The standard InChI is InChI=1S/C30H41NO5/c1-4-29(11-5-14-34-18-22-10-15-35-19-22)25-16-23-8-9-24(32)27-26(23)30(29,28(36-27)20(2)33-3)12-13-31(25)17-21-6-7-21/h8-10,15,19-21,25,28,32H,4-7,11-14,16-18H2,1-3H3/t20?,25-,28+,29-,30+/m1/s1. The quantitative estimate of drug-likeness (QED) is 0.418. The van der Waals surface area contributed by atoms with E-state index < -0.39 is 0 Å². The summed E-state index contributed by atoms with van der Waals surface area (Å²) in [5.41, 5.74) is 3.58. The van der Waals surface area contributed by atoms with Gasteiger partial charge in [-0.3, -0.25) is 4.90 Å². The average molecular weight is 496 g/mol. The Bertz CT molecular complexity index is 1070. The Labute approximate surface area is 214 Å². The maximum Gasteiger partial charge on any atom is 0.165 e. The molecule has 1 N–H and O–H groups in total. The zero-order chi connectivity index (χ0) is 24.9. The average Bonchev–Trinajstić information content (AvgIpc) is 3.41. The molecule has 1 saturated carbocycles. The van der Waals surface area contributed by atoms with Crippen molar-refractivity contribution in [3.63, 3.8) is 0 Å². The highest BCUT2D eigenvalue weighted by atomic mass is 16.5. The first kappa shape index (κ1) is 24.3. The molecule has 1 aromatic heterocycles. The molecule has 36 heavy (non-hydrogen) atoms. The van der Waals surface area contributed by atoms with Gasteiger partial charge < -0.3 is 23.7 Å². The Balaban J connectivity index is 1.38. The Hall–Kier alpha value is -2.02. The molecule has 5 atom stereocenters. The molecule has 6 heteroatoms. The summed E-state index contributed by atoms with van der Waals surface area (Å²) >= 11 is 0. The summed E-state index contributed by atoms with van der Waals surface area (Å²) in [6.45, 7) is 8.13. The van der Waals surface area contributed by atoms with Gasteiger partial charge in [-0.15, -0.1) is 0 Å². The van der Waals surface area contributed by atoms with Crippen LogP contribution < -0.4 is 4.74 Å². The molecule has 3 heterocycles. The number of piperidine rings is 1. The third-order valence-corrected chi connectivity index (χ3v) is 9.95. The molecule has 2 bridgehead atoms. The Morgan fingerprint density at radius 1 is 1.25 bits per heavy atom. The van der Waals surface area contributed by atoms with E-state index in [9.17, 15) is 5.11 Å². The summed E-state index contributed by atoms with van der Waals surface area (Å²) in [7, 11) is 1.79. The normalized spacial score (nSPS) is 31.8. The van der Waals surface area contributed by atoms with Crippen molar-refractivity contribution in [2.75, 3.05) is 26.8 Å². The molecule has 196 valence electrons. The van der Waals surface area contributed by atoms with E-state index in [0.29, 0.717) is 18.4 Å². The molecule has 2 aliphatic heterocycles. The molecule has 6 nitrogen and oxygen atoms in total. The van der Waals surface area contributed by atoms with Crippen molar-refractivity contribution < 1.29 is 23.7 Å². The number of furan rings is 1. The van der Waals surface area contributed by atoms with Crippen LogP contribution in [-0.2, 0) is 27.9 Å². The third-order valence-electron chi connectivity index (χ3n) is 9.95. The number of hydrogen-bond acceptors (Lipinski definition) is 6. The highest BCUT2D eigenvalue weighted by molar-refractivity contribution is 5.61. The molecule has 0 amide bonds. The first-order chi connectivity index (χ1) is 17.5.